The lowest BCUT2D eigenvalue weighted by atomic mass is 9.76. The minimum absolute atomic E-state index is 0.118. The van der Waals surface area contributed by atoms with Gasteiger partial charge in [-0.1, -0.05) is 51.1 Å². The van der Waals surface area contributed by atoms with Crippen molar-refractivity contribution in [1.82, 2.24) is 0 Å². The van der Waals surface area contributed by atoms with Crippen LogP contribution in [0.15, 0.2) is 48.5 Å². The van der Waals surface area contributed by atoms with Gasteiger partial charge in [-0.15, -0.1) is 0 Å². The molecule has 136 valence electrons. The fourth-order valence-electron chi connectivity index (χ4n) is 4.36. The zero-order valence-corrected chi connectivity index (χ0v) is 16.1. The quantitative estimate of drug-likeness (QED) is 0.792. The first-order valence-electron chi connectivity index (χ1n) is 9.40. The summed E-state index contributed by atoms with van der Waals surface area (Å²) in [7, 11) is 1.69. The summed E-state index contributed by atoms with van der Waals surface area (Å²) in [5.41, 5.74) is 4.68. The van der Waals surface area contributed by atoms with Gasteiger partial charge in [0.2, 0.25) is 0 Å². The van der Waals surface area contributed by atoms with E-state index in [9.17, 15) is 0 Å². The van der Waals surface area contributed by atoms with Gasteiger partial charge in [0, 0.05) is 17.6 Å². The molecule has 26 heavy (non-hydrogen) atoms. The van der Waals surface area contributed by atoms with E-state index in [1.165, 1.54) is 16.8 Å². The molecule has 2 aliphatic rings. The number of methoxy groups -OCH3 is 1. The first-order chi connectivity index (χ1) is 12.5. The molecule has 0 amide bonds. The summed E-state index contributed by atoms with van der Waals surface area (Å²) in [6, 6.07) is 15.0. The normalized spacial score (nSPS) is 23.3. The molecule has 0 spiro atoms. The lowest BCUT2D eigenvalue weighted by molar-refractivity contribution is 0.000325. The van der Waals surface area contributed by atoms with E-state index in [-0.39, 0.29) is 5.41 Å². The van der Waals surface area contributed by atoms with Crippen LogP contribution in [0.2, 0.25) is 0 Å². The second-order valence-corrected chi connectivity index (χ2v) is 7.63. The average Bonchev–Trinajstić information content (AvgIpc) is 3.17. The van der Waals surface area contributed by atoms with Crippen molar-refractivity contribution in [2.75, 3.05) is 25.2 Å². The molecule has 0 aromatic heterocycles. The zero-order chi connectivity index (χ0) is 18.4. The maximum absolute atomic E-state index is 6.42. The van der Waals surface area contributed by atoms with Gasteiger partial charge in [0.25, 0.3) is 0 Å². The van der Waals surface area contributed by atoms with E-state index in [0.717, 1.165) is 30.9 Å². The van der Waals surface area contributed by atoms with Crippen LogP contribution < -0.4 is 9.64 Å². The molecule has 3 nitrogen and oxygen atoms in total. The van der Waals surface area contributed by atoms with E-state index < -0.39 is 5.72 Å². The molecule has 4 rings (SSSR count). The maximum atomic E-state index is 6.42. The Morgan fingerprint density at radius 3 is 2.62 bits per heavy atom. The third kappa shape index (κ3) is 2.38. The summed E-state index contributed by atoms with van der Waals surface area (Å²) in [6.45, 7) is 8.49. The third-order valence-electron chi connectivity index (χ3n) is 5.98. The van der Waals surface area contributed by atoms with Gasteiger partial charge in [-0.2, -0.15) is 0 Å². The molecule has 1 fully saturated rings. The summed E-state index contributed by atoms with van der Waals surface area (Å²) in [5, 5.41) is 0. The van der Waals surface area contributed by atoms with Gasteiger partial charge in [0.15, 0.2) is 5.72 Å². The van der Waals surface area contributed by atoms with Crippen molar-refractivity contribution in [3.05, 3.63) is 65.2 Å². The van der Waals surface area contributed by atoms with E-state index in [1.807, 2.05) is 12.1 Å². The molecule has 0 saturated carbocycles. The highest BCUT2D eigenvalue weighted by Crippen LogP contribution is 2.55. The molecule has 1 atom stereocenters. The van der Waals surface area contributed by atoms with Gasteiger partial charge in [-0.3, -0.25) is 0 Å². The largest absolute Gasteiger partial charge is 0.497 e. The van der Waals surface area contributed by atoms with Crippen LogP contribution in [0.5, 0.6) is 5.75 Å². The van der Waals surface area contributed by atoms with Crippen molar-refractivity contribution in [3.63, 3.8) is 0 Å². The monoisotopic (exact) mass is 349 g/mol. The molecule has 3 heteroatoms. The van der Waals surface area contributed by atoms with E-state index in [2.05, 4.69) is 68.2 Å². The van der Waals surface area contributed by atoms with Crippen LogP contribution in [0.3, 0.4) is 0 Å². The number of rotatable bonds is 4. The minimum Gasteiger partial charge on any atom is -0.497 e. The Balaban J connectivity index is 1.75. The summed E-state index contributed by atoms with van der Waals surface area (Å²) < 4.78 is 11.7. The smallest absolute Gasteiger partial charge is 0.170 e. The number of hydrogen-bond donors (Lipinski definition) is 0. The predicted octanol–water partition coefficient (Wildman–Crippen LogP) is 4.80. The molecule has 2 aromatic carbocycles. The molecular formula is C23H27NO2. The number of hydrogen-bond acceptors (Lipinski definition) is 3. The molecule has 1 saturated heterocycles. The van der Waals surface area contributed by atoms with Gasteiger partial charge in [-0.25, -0.2) is 0 Å². The first-order valence-corrected chi connectivity index (χ1v) is 9.40. The lowest BCUT2D eigenvalue weighted by Gasteiger charge is -2.39. The van der Waals surface area contributed by atoms with Crippen molar-refractivity contribution >= 4 is 11.8 Å². The van der Waals surface area contributed by atoms with Crippen molar-refractivity contribution in [2.45, 2.75) is 38.3 Å². The molecule has 2 heterocycles. The summed E-state index contributed by atoms with van der Waals surface area (Å²) >= 11 is 0. The van der Waals surface area contributed by atoms with Crippen LogP contribution in [0.4, 0.5) is 5.69 Å². The van der Waals surface area contributed by atoms with Crippen molar-refractivity contribution in [3.8, 4) is 5.75 Å². The van der Waals surface area contributed by atoms with Gasteiger partial charge >= 0.3 is 0 Å². The van der Waals surface area contributed by atoms with Crippen LogP contribution in [0.1, 0.15) is 37.5 Å². The number of fused-ring (bicyclic) bond motifs is 3. The van der Waals surface area contributed by atoms with Crippen LogP contribution >= 0.6 is 0 Å². The molecule has 1 unspecified atom stereocenters. The Morgan fingerprint density at radius 2 is 1.92 bits per heavy atom. The SMILES string of the molecule is CCc1ccc2c(c1)C(C)(C)C1(/C=C/c3ccc(OC)cc3)OCCN21. The van der Waals surface area contributed by atoms with Crippen molar-refractivity contribution in [2.24, 2.45) is 0 Å². The molecule has 0 aliphatic carbocycles. The van der Waals surface area contributed by atoms with E-state index in [0.29, 0.717) is 0 Å². The van der Waals surface area contributed by atoms with E-state index in [1.54, 1.807) is 7.11 Å². The number of anilines is 1. The number of benzene rings is 2. The Labute approximate surface area is 156 Å². The highest BCUT2D eigenvalue weighted by Gasteiger charge is 2.59. The Morgan fingerprint density at radius 1 is 1.15 bits per heavy atom. The highest BCUT2D eigenvalue weighted by molar-refractivity contribution is 5.70. The Kier molecular flexibility index (Phi) is 4.07. The number of ether oxygens (including phenoxy) is 2. The van der Waals surface area contributed by atoms with Gasteiger partial charge in [0.1, 0.15) is 5.75 Å². The Hall–Kier alpha value is -2.26. The molecule has 0 radical (unpaired) electrons. The fraction of sp³-hybridized carbons (Fsp3) is 0.391. The summed E-state index contributed by atoms with van der Waals surface area (Å²) in [5.74, 6) is 0.875. The Bertz CT molecular complexity index is 838. The fourth-order valence-corrected chi connectivity index (χ4v) is 4.36. The minimum atomic E-state index is -0.429. The number of nitrogens with zero attached hydrogens (tertiary/aromatic N) is 1. The maximum Gasteiger partial charge on any atom is 0.170 e. The van der Waals surface area contributed by atoms with Crippen LogP contribution in [-0.4, -0.2) is 26.0 Å². The lowest BCUT2D eigenvalue weighted by Crippen LogP contribution is -2.51. The first kappa shape index (κ1) is 17.2. The molecule has 2 aliphatic heterocycles. The molecule has 2 aromatic rings. The van der Waals surface area contributed by atoms with Gasteiger partial charge < -0.3 is 14.4 Å². The van der Waals surface area contributed by atoms with E-state index in [4.69, 9.17) is 9.47 Å². The zero-order valence-electron chi connectivity index (χ0n) is 16.1. The summed E-state index contributed by atoms with van der Waals surface area (Å²) in [6.07, 6.45) is 5.47. The standard InChI is InChI=1S/C23H27NO2/c1-5-17-8-11-21-20(16-17)22(2,3)23(24(21)14-15-26-23)13-12-18-6-9-19(25-4)10-7-18/h6-13,16H,5,14-15H2,1-4H3/b13-12+. The van der Waals surface area contributed by atoms with Crippen LogP contribution in [-0.2, 0) is 16.6 Å². The summed E-state index contributed by atoms with van der Waals surface area (Å²) in [4.78, 5) is 2.43. The van der Waals surface area contributed by atoms with Crippen LogP contribution in [0, 0.1) is 0 Å². The van der Waals surface area contributed by atoms with Gasteiger partial charge in [-0.05, 0) is 47.4 Å². The van der Waals surface area contributed by atoms with Crippen LogP contribution in [0.25, 0.3) is 6.08 Å². The molecule has 0 bridgehead atoms. The van der Waals surface area contributed by atoms with E-state index >= 15 is 0 Å². The van der Waals surface area contributed by atoms with Gasteiger partial charge in [0.05, 0.1) is 13.7 Å². The highest BCUT2D eigenvalue weighted by atomic mass is 16.5. The predicted molar refractivity (Wildman–Crippen MR) is 107 cm³/mol. The second kappa shape index (κ2) is 6.17. The number of aryl methyl sites for hydroxylation is 1. The topological polar surface area (TPSA) is 21.7 Å². The van der Waals surface area contributed by atoms with Crippen molar-refractivity contribution < 1.29 is 9.47 Å². The molecule has 0 N–H and O–H groups in total. The third-order valence-corrected chi connectivity index (χ3v) is 5.98. The molecular weight excluding hydrogens is 322 g/mol. The average molecular weight is 349 g/mol. The van der Waals surface area contributed by atoms with Crippen molar-refractivity contribution in [1.29, 1.82) is 0 Å². The second-order valence-electron chi connectivity index (χ2n) is 7.63.